The van der Waals surface area contributed by atoms with E-state index in [0.29, 0.717) is 28.1 Å². The van der Waals surface area contributed by atoms with E-state index in [1.165, 1.54) is 18.5 Å². The number of aromatic nitrogens is 2. The van der Waals surface area contributed by atoms with Gasteiger partial charge in [-0.1, -0.05) is 22.9 Å². The van der Waals surface area contributed by atoms with Gasteiger partial charge in [0.25, 0.3) is 0 Å². The summed E-state index contributed by atoms with van der Waals surface area (Å²) in [5.74, 6) is 4.61. The fourth-order valence-corrected chi connectivity index (χ4v) is 2.16. The molecule has 0 atom stereocenters. The van der Waals surface area contributed by atoms with Crippen LogP contribution in [0.15, 0.2) is 22.9 Å². The normalized spacial score (nSPS) is 10.4. The molecule has 0 unspecified atom stereocenters. The van der Waals surface area contributed by atoms with Crippen molar-refractivity contribution in [3.8, 4) is 0 Å². The predicted octanol–water partition coefficient (Wildman–Crippen LogP) is 3.11. The van der Waals surface area contributed by atoms with E-state index >= 15 is 0 Å². The molecule has 1 aromatic heterocycles. The van der Waals surface area contributed by atoms with Crippen molar-refractivity contribution in [2.24, 2.45) is 5.84 Å². The first-order chi connectivity index (χ1) is 9.56. The van der Waals surface area contributed by atoms with Crippen LogP contribution in [0.1, 0.15) is 12.5 Å². The Hall–Kier alpha value is -1.80. The fourth-order valence-electron chi connectivity index (χ4n) is 1.76. The molecule has 2 rings (SSSR count). The molecule has 0 aliphatic heterocycles. The summed E-state index contributed by atoms with van der Waals surface area (Å²) >= 11 is 3.02. The number of halogens is 3. The van der Waals surface area contributed by atoms with E-state index in [9.17, 15) is 8.78 Å². The summed E-state index contributed by atoms with van der Waals surface area (Å²) in [4.78, 5) is 7.94. The number of hydrogen-bond acceptors (Lipinski definition) is 5. The van der Waals surface area contributed by atoms with E-state index in [1.807, 2.05) is 6.92 Å². The maximum atomic E-state index is 13.8. The van der Waals surface area contributed by atoms with Gasteiger partial charge >= 0.3 is 0 Å². The highest BCUT2D eigenvalue weighted by Crippen LogP contribution is 2.29. The highest BCUT2D eigenvalue weighted by Gasteiger charge is 2.15. The van der Waals surface area contributed by atoms with Crippen molar-refractivity contribution in [3.63, 3.8) is 0 Å². The second-order valence-corrected chi connectivity index (χ2v) is 4.83. The summed E-state index contributed by atoms with van der Waals surface area (Å²) in [5.41, 5.74) is 2.79. The Labute approximate surface area is 122 Å². The summed E-state index contributed by atoms with van der Waals surface area (Å²) in [7, 11) is 0. The van der Waals surface area contributed by atoms with Crippen LogP contribution in [0.3, 0.4) is 0 Å². The minimum atomic E-state index is -0.722. The van der Waals surface area contributed by atoms with Crippen LogP contribution >= 0.6 is 15.9 Å². The molecule has 0 fully saturated rings. The van der Waals surface area contributed by atoms with Gasteiger partial charge in [-0.15, -0.1) is 0 Å². The Morgan fingerprint density at radius 2 is 1.80 bits per heavy atom. The van der Waals surface area contributed by atoms with E-state index in [2.05, 4.69) is 36.6 Å². The fraction of sp³-hybridized carbons (Fsp3) is 0.167. The first-order valence-electron chi connectivity index (χ1n) is 5.78. The molecule has 0 radical (unpaired) electrons. The number of anilines is 3. The number of rotatable bonds is 4. The molecule has 0 saturated carbocycles. The van der Waals surface area contributed by atoms with Crippen molar-refractivity contribution in [3.05, 3.63) is 40.1 Å². The number of nitrogens with one attached hydrogen (secondary N) is 2. The number of hydrazine groups is 1. The number of benzene rings is 1. The van der Waals surface area contributed by atoms with Crippen molar-refractivity contribution in [2.75, 3.05) is 10.7 Å². The van der Waals surface area contributed by atoms with E-state index in [-0.39, 0.29) is 5.69 Å². The molecular formula is C12H12BrF2N5. The van der Waals surface area contributed by atoms with Gasteiger partial charge in [-0.2, -0.15) is 0 Å². The highest BCUT2D eigenvalue weighted by atomic mass is 79.9. The lowest BCUT2D eigenvalue weighted by Crippen LogP contribution is -2.13. The second kappa shape index (κ2) is 6.10. The molecule has 1 heterocycles. The maximum Gasteiger partial charge on any atom is 0.150 e. The molecule has 0 amide bonds. The minimum absolute atomic E-state index is 0.274. The number of nitrogen functional groups attached to an aromatic ring is 1. The summed E-state index contributed by atoms with van der Waals surface area (Å²) in [6.45, 7) is 1.86. The average molecular weight is 344 g/mol. The summed E-state index contributed by atoms with van der Waals surface area (Å²) in [6, 6.07) is 2.33. The quantitative estimate of drug-likeness (QED) is 0.587. The number of nitrogens with zero attached hydrogens (tertiary/aromatic N) is 2. The molecule has 20 heavy (non-hydrogen) atoms. The standard InChI is InChI=1S/C12H12BrF2N5/c1-2-7-11(17-5-18-12(7)20-16)19-10-8(14)3-6(13)4-9(10)15/h3-5H,2,16H2,1H3,(H2,17,18,19,20). The molecule has 1 aromatic carbocycles. The van der Waals surface area contributed by atoms with Crippen LogP contribution in [0, 0.1) is 11.6 Å². The third-order valence-electron chi connectivity index (χ3n) is 2.69. The van der Waals surface area contributed by atoms with Crippen molar-refractivity contribution >= 4 is 33.3 Å². The van der Waals surface area contributed by atoms with Crippen molar-refractivity contribution < 1.29 is 8.78 Å². The summed E-state index contributed by atoms with van der Waals surface area (Å²) in [6.07, 6.45) is 1.80. The molecule has 2 aromatic rings. The molecule has 106 valence electrons. The lowest BCUT2D eigenvalue weighted by atomic mass is 10.2. The zero-order valence-corrected chi connectivity index (χ0v) is 12.1. The van der Waals surface area contributed by atoms with Gasteiger partial charge in [0.2, 0.25) is 0 Å². The Morgan fingerprint density at radius 3 is 2.35 bits per heavy atom. The summed E-state index contributed by atoms with van der Waals surface area (Å²) in [5, 5.41) is 2.64. The van der Waals surface area contributed by atoms with Gasteiger partial charge in [-0.25, -0.2) is 24.6 Å². The number of nitrogens with two attached hydrogens (primary N) is 1. The lowest BCUT2D eigenvalue weighted by molar-refractivity contribution is 0.589. The Bertz CT molecular complexity index is 612. The van der Waals surface area contributed by atoms with E-state index in [4.69, 9.17) is 5.84 Å². The van der Waals surface area contributed by atoms with Crippen molar-refractivity contribution in [1.82, 2.24) is 9.97 Å². The predicted molar refractivity (Wildman–Crippen MR) is 76.6 cm³/mol. The first kappa shape index (κ1) is 14.6. The van der Waals surface area contributed by atoms with E-state index in [0.717, 1.165) is 0 Å². The SMILES string of the molecule is CCc1c(NN)ncnc1Nc1c(F)cc(Br)cc1F. The molecule has 5 nitrogen and oxygen atoms in total. The molecule has 0 saturated heterocycles. The second-order valence-electron chi connectivity index (χ2n) is 3.92. The molecule has 8 heteroatoms. The Morgan fingerprint density at radius 1 is 1.20 bits per heavy atom. The monoisotopic (exact) mass is 343 g/mol. The first-order valence-corrected chi connectivity index (χ1v) is 6.58. The Balaban J connectivity index is 2.45. The van der Waals surface area contributed by atoms with Gasteiger partial charge in [0.05, 0.1) is 0 Å². The molecule has 4 N–H and O–H groups in total. The molecule has 0 bridgehead atoms. The van der Waals surface area contributed by atoms with Gasteiger partial charge in [-0.3, -0.25) is 0 Å². The van der Waals surface area contributed by atoms with Crippen LogP contribution in [0.4, 0.5) is 26.1 Å². The summed E-state index contributed by atoms with van der Waals surface area (Å²) < 4.78 is 27.9. The van der Waals surface area contributed by atoms with Gasteiger partial charge in [0.15, 0.2) is 11.6 Å². The largest absolute Gasteiger partial charge is 0.335 e. The topological polar surface area (TPSA) is 75.9 Å². The highest BCUT2D eigenvalue weighted by molar-refractivity contribution is 9.10. The van der Waals surface area contributed by atoms with Gasteiger partial charge in [0, 0.05) is 10.0 Å². The maximum absolute atomic E-state index is 13.8. The van der Waals surface area contributed by atoms with Crippen LogP contribution in [0.2, 0.25) is 0 Å². The van der Waals surface area contributed by atoms with Crippen molar-refractivity contribution in [2.45, 2.75) is 13.3 Å². The van der Waals surface area contributed by atoms with Gasteiger partial charge < -0.3 is 10.7 Å². The minimum Gasteiger partial charge on any atom is -0.335 e. The smallest absolute Gasteiger partial charge is 0.150 e. The number of hydrogen-bond donors (Lipinski definition) is 3. The molecule has 0 spiro atoms. The van der Waals surface area contributed by atoms with E-state index in [1.54, 1.807) is 0 Å². The van der Waals surface area contributed by atoms with Gasteiger partial charge in [-0.05, 0) is 18.6 Å². The third-order valence-corrected chi connectivity index (χ3v) is 3.14. The zero-order chi connectivity index (χ0) is 14.7. The van der Waals surface area contributed by atoms with E-state index < -0.39 is 11.6 Å². The van der Waals surface area contributed by atoms with Crippen LogP contribution in [0.25, 0.3) is 0 Å². The van der Waals surface area contributed by atoms with Crippen molar-refractivity contribution in [1.29, 1.82) is 0 Å². The lowest BCUT2D eigenvalue weighted by Gasteiger charge is -2.13. The van der Waals surface area contributed by atoms with Gasteiger partial charge in [0.1, 0.15) is 23.7 Å². The zero-order valence-electron chi connectivity index (χ0n) is 10.5. The molecular weight excluding hydrogens is 332 g/mol. The van der Waals surface area contributed by atoms with Crippen LogP contribution < -0.4 is 16.6 Å². The molecule has 0 aliphatic carbocycles. The molecule has 0 aliphatic rings. The Kier molecular flexibility index (Phi) is 4.46. The van der Waals surface area contributed by atoms with Crippen LogP contribution in [-0.2, 0) is 6.42 Å². The average Bonchev–Trinajstić information content (AvgIpc) is 2.42. The third kappa shape index (κ3) is 2.86. The van der Waals surface area contributed by atoms with Crippen LogP contribution in [-0.4, -0.2) is 9.97 Å². The van der Waals surface area contributed by atoms with Crippen LogP contribution in [0.5, 0.6) is 0 Å².